The maximum atomic E-state index is 13.3. The highest BCUT2D eigenvalue weighted by molar-refractivity contribution is 7.15. The lowest BCUT2D eigenvalue weighted by Crippen LogP contribution is -2.29. The number of amides is 1. The molecule has 0 unspecified atom stereocenters. The normalized spacial score (nSPS) is 17.6. The number of benzene rings is 2. The number of rotatable bonds is 7. The first-order valence-electron chi connectivity index (χ1n) is 12.1. The molecule has 1 aliphatic rings. The van der Waals surface area contributed by atoms with Gasteiger partial charge in [0.1, 0.15) is 16.5 Å². The summed E-state index contributed by atoms with van der Waals surface area (Å²) >= 11 is 1.23. The van der Waals surface area contributed by atoms with Crippen LogP contribution in [0.25, 0.3) is 5.76 Å². The summed E-state index contributed by atoms with van der Waals surface area (Å²) in [4.78, 5) is 27.8. The van der Waals surface area contributed by atoms with E-state index in [2.05, 4.69) is 37.9 Å². The number of aliphatic hydroxyl groups excluding tert-OH is 1. The van der Waals surface area contributed by atoms with Crippen molar-refractivity contribution in [1.82, 2.24) is 10.2 Å². The predicted octanol–water partition coefficient (Wildman–Crippen LogP) is 5.95. The molecule has 2 aromatic carbocycles. The van der Waals surface area contributed by atoms with E-state index in [9.17, 15) is 14.7 Å². The molecule has 188 valence electrons. The summed E-state index contributed by atoms with van der Waals surface area (Å²) in [6.45, 7) is 10.8. The van der Waals surface area contributed by atoms with Crippen LogP contribution in [-0.4, -0.2) is 33.6 Å². The van der Waals surface area contributed by atoms with Crippen molar-refractivity contribution in [2.24, 2.45) is 0 Å². The Balaban J connectivity index is 1.80. The van der Waals surface area contributed by atoms with Gasteiger partial charge in [0.25, 0.3) is 5.78 Å². The molecular formula is C28H31N3O4S. The van der Waals surface area contributed by atoms with Gasteiger partial charge >= 0.3 is 5.91 Å². The van der Waals surface area contributed by atoms with Crippen molar-refractivity contribution < 1.29 is 19.4 Å². The van der Waals surface area contributed by atoms with Crippen molar-refractivity contribution in [3.05, 3.63) is 75.8 Å². The minimum absolute atomic E-state index is 0.0241. The van der Waals surface area contributed by atoms with Crippen LogP contribution >= 0.6 is 11.3 Å². The largest absolute Gasteiger partial charge is 0.507 e. The summed E-state index contributed by atoms with van der Waals surface area (Å²) in [5.74, 6) is -1.05. The molecule has 1 aromatic heterocycles. The molecule has 3 aromatic rings. The van der Waals surface area contributed by atoms with Gasteiger partial charge in [-0.05, 0) is 54.2 Å². The van der Waals surface area contributed by atoms with E-state index in [4.69, 9.17) is 4.74 Å². The number of ether oxygens (including phenoxy) is 1. The van der Waals surface area contributed by atoms with Crippen LogP contribution in [0, 0.1) is 6.92 Å². The zero-order chi connectivity index (χ0) is 26.0. The summed E-state index contributed by atoms with van der Waals surface area (Å²) in [6.07, 6.45) is 1.98. The molecule has 0 bridgehead atoms. The number of hydrogen-bond acceptors (Lipinski definition) is 7. The van der Waals surface area contributed by atoms with Crippen LogP contribution in [0.4, 0.5) is 5.13 Å². The van der Waals surface area contributed by atoms with E-state index in [0.29, 0.717) is 33.6 Å². The molecule has 0 saturated carbocycles. The molecule has 36 heavy (non-hydrogen) atoms. The Labute approximate surface area is 215 Å². The van der Waals surface area contributed by atoms with Gasteiger partial charge in [0.05, 0.1) is 18.2 Å². The van der Waals surface area contributed by atoms with Crippen molar-refractivity contribution in [3.63, 3.8) is 0 Å². The van der Waals surface area contributed by atoms with Gasteiger partial charge in [-0.3, -0.25) is 14.5 Å². The number of unbranched alkanes of at least 4 members (excludes halogenated alkanes) is 1. The third kappa shape index (κ3) is 5.04. The summed E-state index contributed by atoms with van der Waals surface area (Å²) < 4.78 is 5.71. The second kappa shape index (κ2) is 10.2. The van der Waals surface area contributed by atoms with Crippen LogP contribution in [0.1, 0.15) is 68.3 Å². The van der Waals surface area contributed by atoms with E-state index in [1.54, 1.807) is 31.2 Å². The van der Waals surface area contributed by atoms with Crippen LogP contribution < -0.4 is 9.64 Å². The third-order valence-electron chi connectivity index (χ3n) is 6.15. The highest BCUT2D eigenvalue weighted by Crippen LogP contribution is 2.43. The van der Waals surface area contributed by atoms with Crippen LogP contribution in [0.2, 0.25) is 0 Å². The van der Waals surface area contributed by atoms with Crippen LogP contribution in [0.5, 0.6) is 5.75 Å². The highest BCUT2D eigenvalue weighted by atomic mass is 32.1. The lowest BCUT2D eigenvalue weighted by molar-refractivity contribution is -0.132. The average Bonchev–Trinajstić information content (AvgIpc) is 3.39. The Morgan fingerprint density at radius 2 is 1.72 bits per heavy atom. The number of carbonyl (C=O) groups is 2. The fraction of sp³-hybridized carbons (Fsp3) is 0.357. The molecule has 1 amide bonds. The Morgan fingerprint density at radius 1 is 1.06 bits per heavy atom. The number of nitrogens with zero attached hydrogens (tertiary/aromatic N) is 3. The van der Waals surface area contributed by atoms with E-state index in [1.807, 2.05) is 24.3 Å². The van der Waals surface area contributed by atoms with Gasteiger partial charge in [0.15, 0.2) is 0 Å². The highest BCUT2D eigenvalue weighted by Gasteiger charge is 2.48. The summed E-state index contributed by atoms with van der Waals surface area (Å²) in [6, 6.07) is 13.8. The Kier molecular flexibility index (Phi) is 7.26. The summed E-state index contributed by atoms with van der Waals surface area (Å²) in [5, 5.41) is 20.5. The van der Waals surface area contributed by atoms with Crippen LogP contribution in [0.3, 0.4) is 0 Å². The zero-order valence-electron chi connectivity index (χ0n) is 21.2. The number of ketones is 1. The Hall–Kier alpha value is -3.52. The second-order valence-electron chi connectivity index (χ2n) is 9.87. The SMILES string of the molecule is CCCCOc1ccc(C(O)=C2C(=O)C(=O)N(c3nnc(C)s3)[C@H]2c2ccc(C(C)(C)C)cc2)cc1. The number of hydrogen-bond donors (Lipinski definition) is 1. The fourth-order valence-electron chi connectivity index (χ4n) is 4.09. The van der Waals surface area contributed by atoms with Gasteiger partial charge in [-0.15, -0.1) is 10.2 Å². The maximum Gasteiger partial charge on any atom is 0.301 e. The molecule has 0 radical (unpaired) electrons. The van der Waals surface area contributed by atoms with Gasteiger partial charge in [-0.1, -0.05) is 69.7 Å². The van der Waals surface area contributed by atoms with E-state index in [-0.39, 0.29) is 16.7 Å². The molecule has 1 aliphatic heterocycles. The molecule has 8 heteroatoms. The van der Waals surface area contributed by atoms with E-state index >= 15 is 0 Å². The van der Waals surface area contributed by atoms with Gasteiger partial charge in [-0.2, -0.15) is 0 Å². The Morgan fingerprint density at radius 3 is 2.28 bits per heavy atom. The maximum absolute atomic E-state index is 13.3. The minimum Gasteiger partial charge on any atom is -0.507 e. The summed E-state index contributed by atoms with van der Waals surface area (Å²) in [7, 11) is 0. The number of carbonyl (C=O) groups excluding carboxylic acids is 2. The molecule has 1 saturated heterocycles. The second-order valence-corrected chi connectivity index (χ2v) is 11.0. The summed E-state index contributed by atoms with van der Waals surface area (Å²) in [5.41, 5.74) is 2.22. The lowest BCUT2D eigenvalue weighted by atomic mass is 9.85. The van der Waals surface area contributed by atoms with E-state index < -0.39 is 17.7 Å². The topological polar surface area (TPSA) is 92.6 Å². The van der Waals surface area contributed by atoms with Gasteiger partial charge in [-0.25, -0.2) is 0 Å². The van der Waals surface area contributed by atoms with Crippen molar-refractivity contribution in [2.45, 2.75) is 58.9 Å². The smallest absolute Gasteiger partial charge is 0.301 e. The molecule has 1 N–H and O–H groups in total. The molecule has 7 nitrogen and oxygen atoms in total. The Bertz CT molecular complexity index is 1290. The number of aromatic nitrogens is 2. The van der Waals surface area contributed by atoms with Crippen molar-refractivity contribution in [2.75, 3.05) is 11.5 Å². The standard InChI is InChI=1S/C28H31N3O4S/c1-6-7-16-35-21-14-10-19(11-15-21)24(32)22-23(18-8-12-20(13-9-18)28(3,4)5)31(26(34)25(22)33)27-30-29-17(2)36-27/h8-15,23,32H,6-7,16H2,1-5H3/t23-/m0/s1. The molecule has 2 heterocycles. The first-order chi connectivity index (χ1) is 17.1. The lowest BCUT2D eigenvalue weighted by Gasteiger charge is -2.24. The van der Waals surface area contributed by atoms with Crippen molar-refractivity contribution in [1.29, 1.82) is 0 Å². The molecule has 1 fully saturated rings. The van der Waals surface area contributed by atoms with Gasteiger partial charge in [0.2, 0.25) is 5.13 Å². The first kappa shape index (κ1) is 25.6. The average molecular weight is 506 g/mol. The number of anilines is 1. The number of Topliss-reactive ketones (excluding diaryl/α,β-unsaturated/α-hetero) is 1. The van der Waals surface area contributed by atoms with E-state index in [1.165, 1.54) is 16.2 Å². The molecule has 0 aliphatic carbocycles. The fourth-order valence-corrected chi connectivity index (χ4v) is 4.81. The van der Waals surface area contributed by atoms with Crippen LogP contribution in [0.15, 0.2) is 54.1 Å². The molecule has 4 rings (SSSR count). The van der Waals surface area contributed by atoms with E-state index in [0.717, 1.165) is 18.4 Å². The number of aliphatic hydroxyl groups is 1. The van der Waals surface area contributed by atoms with Gasteiger partial charge < -0.3 is 9.84 Å². The van der Waals surface area contributed by atoms with Crippen molar-refractivity contribution in [3.8, 4) is 5.75 Å². The number of aryl methyl sites for hydroxylation is 1. The molecule has 0 spiro atoms. The predicted molar refractivity (Wildman–Crippen MR) is 141 cm³/mol. The monoisotopic (exact) mass is 505 g/mol. The first-order valence-corrected chi connectivity index (χ1v) is 12.9. The van der Waals surface area contributed by atoms with Gasteiger partial charge in [0, 0.05) is 5.56 Å². The third-order valence-corrected chi connectivity index (χ3v) is 6.99. The van der Waals surface area contributed by atoms with Crippen LogP contribution in [-0.2, 0) is 15.0 Å². The van der Waals surface area contributed by atoms with Crippen molar-refractivity contribution >= 4 is 33.9 Å². The zero-order valence-corrected chi connectivity index (χ0v) is 22.1. The molecule has 1 atom stereocenters. The quantitative estimate of drug-likeness (QED) is 0.185. The minimum atomic E-state index is -0.827. The molecular weight excluding hydrogens is 474 g/mol.